The predicted molar refractivity (Wildman–Crippen MR) is 65.8 cm³/mol. The highest BCUT2D eigenvalue weighted by molar-refractivity contribution is 5.22. The number of hydrogen-bond acceptors (Lipinski definition) is 2. The lowest BCUT2D eigenvalue weighted by Crippen LogP contribution is -2.14. The van der Waals surface area contributed by atoms with Crippen LogP contribution in [0.5, 0.6) is 0 Å². The lowest BCUT2D eigenvalue weighted by atomic mass is 10.00. The second-order valence-electron chi connectivity index (χ2n) is 4.15. The van der Waals surface area contributed by atoms with Gasteiger partial charge in [-0.1, -0.05) is 18.2 Å². The van der Waals surface area contributed by atoms with Gasteiger partial charge in [0.1, 0.15) is 0 Å². The first-order chi connectivity index (χ1) is 8.68. The van der Waals surface area contributed by atoms with Gasteiger partial charge in [-0.25, -0.2) is 8.78 Å². The topological polar surface area (TPSA) is 38.9 Å². The Kier molecular flexibility index (Phi) is 3.99. The molecule has 0 bridgehead atoms. The molecule has 2 N–H and O–H groups in total. The lowest BCUT2D eigenvalue weighted by Gasteiger charge is -2.13. The Balaban J connectivity index is 2.04. The third-order valence-electron chi connectivity index (χ3n) is 2.85. The maximum Gasteiger partial charge on any atom is 0.163 e. The fraction of sp³-hybridized carbons (Fsp3) is 0.214. The molecule has 0 saturated heterocycles. The van der Waals surface area contributed by atoms with Crippen LogP contribution in [0.1, 0.15) is 23.6 Å². The summed E-state index contributed by atoms with van der Waals surface area (Å²) < 4.78 is 26.6. The molecule has 1 unspecified atom stereocenters. The number of nitrogens with zero attached hydrogens (tertiary/aromatic N) is 1. The minimum atomic E-state index is -0.857. The van der Waals surface area contributed by atoms with Crippen molar-refractivity contribution in [2.45, 2.75) is 18.9 Å². The van der Waals surface area contributed by atoms with Gasteiger partial charge < -0.3 is 5.73 Å². The van der Waals surface area contributed by atoms with Crippen LogP contribution >= 0.6 is 0 Å². The first kappa shape index (κ1) is 12.6. The van der Waals surface area contributed by atoms with Crippen LogP contribution in [0.15, 0.2) is 42.7 Å². The number of hydrogen-bond donors (Lipinski definition) is 1. The summed E-state index contributed by atoms with van der Waals surface area (Å²) in [6, 6.07) is 7.34. The van der Waals surface area contributed by atoms with E-state index in [-0.39, 0.29) is 5.56 Å². The van der Waals surface area contributed by atoms with Crippen molar-refractivity contribution < 1.29 is 8.78 Å². The maximum absolute atomic E-state index is 13.5. The summed E-state index contributed by atoms with van der Waals surface area (Å²) >= 11 is 0. The third-order valence-corrected chi connectivity index (χ3v) is 2.85. The molecule has 0 spiro atoms. The number of halogens is 2. The standard InChI is InChI=1S/C14H14F2N2/c15-12-5-1-4-11(14(12)16)13(17)7-6-10-3-2-8-18-9-10/h1-5,8-9,13H,6-7,17H2. The molecule has 1 aromatic heterocycles. The van der Waals surface area contributed by atoms with Gasteiger partial charge in [0, 0.05) is 24.0 Å². The van der Waals surface area contributed by atoms with Crippen molar-refractivity contribution in [1.29, 1.82) is 0 Å². The third kappa shape index (κ3) is 2.90. The van der Waals surface area contributed by atoms with Gasteiger partial charge in [-0.3, -0.25) is 4.98 Å². The number of pyridine rings is 1. The maximum atomic E-state index is 13.5. The van der Waals surface area contributed by atoms with Crippen molar-refractivity contribution in [2.75, 3.05) is 0 Å². The van der Waals surface area contributed by atoms with Crippen LogP contribution in [0, 0.1) is 11.6 Å². The summed E-state index contributed by atoms with van der Waals surface area (Å²) in [4.78, 5) is 3.99. The highest BCUT2D eigenvalue weighted by Crippen LogP contribution is 2.21. The molecule has 4 heteroatoms. The molecule has 1 aromatic carbocycles. The van der Waals surface area contributed by atoms with E-state index in [1.54, 1.807) is 12.4 Å². The average Bonchev–Trinajstić information content (AvgIpc) is 2.40. The summed E-state index contributed by atoms with van der Waals surface area (Å²) in [7, 11) is 0. The number of aryl methyl sites for hydroxylation is 1. The zero-order valence-electron chi connectivity index (χ0n) is 9.81. The van der Waals surface area contributed by atoms with E-state index in [9.17, 15) is 8.78 Å². The van der Waals surface area contributed by atoms with Gasteiger partial charge in [0.25, 0.3) is 0 Å². The van der Waals surface area contributed by atoms with Gasteiger partial charge in [-0.2, -0.15) is 0 Å². The largest absolute Gasteiger partial charge is 0.324 e. The van der Waals surface area contributed by atoms with Gasteiger partial charge in [-0.05, 0) is 30.5 Å². The van der Waals surface area contributed by atoms with E-state index in [0.717, 1.165) is 11.6 Å². The first-order valence-electron chi connectivity index (χ1n) is 5.77. The van der Waals surface area contributed by atoms with Gasteiger partial charge in [0.2, 0.25) is 0 Å². The zero-order valence-corrected chi connectivity index (χ0v) is 9.81. The highest BCUT2D eigenvalue weighted by atomic mass is 19.2. The Hall–Kier alpha value is -1.81. The molecule has 0 aliphatic carbocycles. The van der Waals surface area contributed by atoms with Crippen LogP contribution in [0.4, 0.5) is 8.78 Å². The van der Waals surface area contributed by atoms with E-state index in [4.69, 9.17) is 5.73 Å². The quantitative estimate of drug-likeness (QED) is 0.903. The molecule has 2 nitrogen and oxygen atoms in total. The summed E-state index contributed by atoms with van der Waals surface area (Å²) in [5, 5.41) is 0. The minimum Gasteiger partial charge on any atom is -0.324 e. The Morgan fingerprint density at radius 3 is 2.72 bits per heavy atom. The Labute approximate surface area is 104 Å². The fourth-order valence-corrected chi connectivity index (χ4v) is 1.83. The molecule has 2 rings (SSSR count). The normalized spacial score (nSPS) is 12.4. The summed E-state index contributed by atoms with van der Waals surface area (Å²) in [5.74, 6) is -1.71. The molecule has 1 heterocycles. The first-order valence-corrected chi connectivity index (χ1v) is 5.77. The van der Waals surface area contributed by atoms with E-state index >= 15 is 0 Å². The molecule has 18 heavy (non-hydrogen) atoms. The molecule has 2 aromatic rings. The van der Waals surface area contributed by atoms with Crippen LogP contribution in [0.3, 0.4) is 0 Å². The van der Waals surface area contributed by atoms with Crippen LogP contribution in [-0.2, 0) is 6.42 Å². The van der Waals surface area contributed by atoms with Crippen LogP contribution in [0.2, 0.25) is 0 Å². The summed E-state index contributed by atoms with van der Waals surface area (Å²) in [6.07, 6.45) is 4.67. The Bertz CT molecular complexity index is 514. The van der Waals surface area contributed by atoms with E-state index < -0.39 is 17.7 Å². The molecular formula is C14H14F2N2. The molecule has 0 amide bonds. The van der Waals surface area contributed by atoms with Crippen LogP contribution < -0.4 is 5.73 Å². The SMILES string of the molecule is NC(CCc1cccnc1)c1cccc(F)c1F. The van der Waals surface area contributed by atoms with Crippen molar-refractivity contribution >= 4 is 0 Å². The second kappa shape index (κ2) is 5.69. The lowest BCUT2D eigenvalue weighted by molar-refractivity contribution is 0.483. The molecule has 0 aliphatic rings. The second-order valence-corrected chi connectivity index (χ2v) is 4.15. The van der Waals surface area contributed by atoms with E-state index in [1.807, 2.05) is 12.1 Å². The van der Waals surface area contributed by atoms with Crippen molar-refractivity contribution in [2.24, 2.45) is 5.73 Å². The smallest absolute Gasteiger partial charge is 0.163 e. The number of aromatic nitrogens is 1. The van der Waals surface area contributed by atoms with Gasteiger partial charge in [0.15, 0.2) is 11.6 Å². The van der Waals surface area contributed by atoms with Crippen molar-refractivity contribution in [1.82, 2.24) is 4.98 Å². The molecule has 1 atom stereocenters. The fourth-order valence-electron chi connectivity index (χ4n) is 1.83. The van der Waals surface area contributed by atoms with Crippen molar-refractivity contribution in [3.8, 4) is 0 Å². The van der Waals surface area contributed by atoms with E-state index in [1.165, 1.54) is 12.1 Å². The van der Waals surface area contributed by atoms with Crippen LogP contribution in [0.25, 0.3) is 0 Å². The van der Waals surface area contributed by atoms with E-state index in [0.29, 0.717) is 12.8 Å². The van der Waals surface area contributed by atoms with E-state index in [2.05, 4.69) is 4.98 Å². The molecule has 0 saturated carbocycles. The molecule has 0 fully saturated rings. The number of rotatable bonds is 4. The Morgan fingerprint density at radius 1 is 1.17 bits per heavy atom. The minimum absolute atomic E-state index is 0.221. The summed E-state index contributed by atoms with van der Waals surface area (Å²) in [6.45, 7) is 0. The number of nitrogens with two attached hydrogens (primary N) is 1. The van der Waals surface area contributed by atoms with Gasteiger partial charge >= 0.3 is 0 Å². The van der Waals surface area contributed by atoms with Crippen molar-refractivity contribution in [3.05, 3.63) is 65.5 Å². The molecular weight excluding hydrogens is 234 g/mol. The van der Waals surface area contributed by atoms with Gasteiger partial charge in [-0.15, -0.1) is 0 Å². The molecule has 0 radical (unpaired) electrons. The van der Waals surface area contributed by atoms with Crippen molar-refractivity contribution in [3.63, 3.8) is 0 Å². The zero-order chi connectivity index (χ0) is 13.0. The molecule has 94 valence electrons. The van der Waals surface area contributed by atoms with Gasteiger partial charge in [0.05, 0.1) is 0 Å². The monoisotopic (exact) mass is 248 g/mol. The molecule has 0 aliphatic heterocycles. The highest BCUT2D eigenvalue weighted by Gasteiger charge is 2.14. The number of benzene rings is 1. The Morgan fingerprint density at radius 2 is 2.00 bits per heavy atom. The summed E-state index contributed by atoms with van der Waals surface area (Å²) in [5.41, 5.74) is 7.14. The predicted octanol–water partition coefficient (Wildman–Crippen LogP) is 2.99. The van der Waals surface area contributed by atoms with Crippen LogP contribution in [-0.4, -0.2) is 4.98 Å². The average molecular weight is 248 g/mol.